The number of fused-ring (bicyclic) bond motifs is 1. The normalized spacial score (nSPS) is 22.8. The van der Waals surface area contributed by atoms with Crippen LogP contribution in [0.3, 0.4) is 0 Å². The quantitative estimate of drug-likeness (QED) is 0.543. The van der Waals surface area contributed by atoms with E-state index in [0.29, 0.717) is 30.6 Å². The van der Waals surface area contributed by atoms with Gasteiger partial charge in [-0.05, 0) is 61.4 Å². The topological polar surface area (TPSA) is 84.0 Å². The van der Waals surface area contributed by atoms with E-state index in [0.717, 1.165) is 42.6 Å². The molecule has 0 unspecified atom stereocenters. The van der Waals surface area contributed by atoms with E-state index in [1.54, 1.807) is 12.4 Å². The molecular weight excluding hydrogens is 447 g/mol. The van der Waals surface area contributed by atoms with Crippen LogP contribution in [0.15, 0.2) is 43.0 Å². The molecule has 10 heteroatoms. The molecule has 2 atom stereocenters. The van der Waals surface area contributed by atoms with Gasteiger partial charge >= 0.3 is 12.3 Å². The summed E-state index contributed by atoms with van der Waals surface area (Å²) in [6.07, 6.45) is 2.11. The Labute approximate surface area is 193 Å². The number of imidazole rings is 1. The van der Waals surface area contributed by atoms with Gasteiger partial charge in [0.2, 0.25) is 0 Å². The number of aromatic nitrogens is 3. The minimum atomic E-state index is -4.49. The highest BCUT2D eigenvalue weighted by molar-refractivity contribution is 5.77. The summed E-state index contributed by atoms with van der Waals surface area (Å²) < 4.78 is 46.9. The van der Waals surface area contributed by atoms with E-state index in [2.05, 4.69) is 16.0 Å². The molecule has 0 N–H and O–H groups in total. The summed E-state index contributed by atoms with van der Waals surface area (Å²) in [6.45, 7) is 1.04. The fourth-order valence-electron chi connectivity index (χ4n) is 5.15. The Kier molecular flexibility index (Phi) is 5.42. The van der Waals surface area contributed by atoms with Crippen LogP contribution >= 0.6 is 0 Å². The van der Waals surface area contributed by atoms with Gasteiger partial charge in [-0.25, -0.2) is 9.78 Å². The van der Waals surface area contributed by atoms with Gasteiger partial charge in [0.05, 0.1) is 47.6 Å². The minimum Gasteiger partial charge on any atom is -0.441 e. The van der Waals surface area contributed by atoms with Gasteiger partial charge in [0.1, 0.15) is 5.60 Å². The molecule has 2 aromatic heterocycles. The van der Waals surface area contributed by atoms with Crippen molar-refractivity contribution in [2.75, 3.05) is 6.54 Å². The van der Waals surface area contributed by atoms with Gasteiger partial charge < -0.3 is 9.30 Å². The highest BCUT2D eigenvalue weighted by Gasteiger charge is 2.48. The second-order valence-corrected chi connectivity index (χ2v) is 9.16. The van der Waals surface area contributed by atoms with Crippen molar-refractivity contribution in [1.82, 2.24) is 19.4 Å². The Balaban J connectivity index is 1.29. The van der Waals surface area contributed by atoms with E-state index < -0.39 is 23.4 Å². The molecule has 2 fully saturated rings. The van der Waals surface area contributed by atoms with E-state index in [1.807, 2.05) is 16.7 Å². The van der Waals surface area contributed by atoms with E-state index in [4.69, 9.17) is 4.74 Å². The maximum absolute atomic E-state index is 13.0. The van der Waals surface area contributed by atoms with Crippen LogP contribution in [-0.4, -0.2) is 37.7 Å². The van der Waals surface area contributed by atoms with Crippen molar-refractivity contribution in [3.8, 4) is 6.07 Å². The zero-order valence-corrected chi connectivity index (χ0v) is 18.3. The minimum absolute atomic E-state index is 0.0191. The fraction of sp³-hybridized carbons (Fsp3) is 0.417. The molecule has 176 valence electrons. The summed E-state index contributed by atoms with van der Waals surface area (Å²) in [7, 11) is 0. The number of pyridine rings is 1. The summed E-state index contributed by atoms with van der Waals surface area (Å²) in [5.41, 5.74) is 1.10. The Hall–Kier alpha value is -3.61. The SMILES string of the molecule is N#Cc1ccc2ncn(C[C@H]3CCC[C@]4(C3)CN(Cc3cncc(C(F)(F)F)c3)C(=O)O4)c2c1. The molecule has 7 nitrogen and oxygen atoms in total. The Morgan fingerprint density at radius 2 is 2.12 bits per heavy atom. The second kappa shape index (κ2) is 8.31. The van der Waals surface area contributed by atoms with Gasteiger partial charge in [0.25, 0.3) is 0 Å². The molecule has 0 radical (unpaired) electrons. The third kappa shape index (κ3) is 4.30. The van der Waals surface area contributed by atoms with Crippen molar-refractivity contribution >= 4 is 17.1 Å². The molecular formula is C24H22F3N5O2. The van der Waals surface area contributed by atoms with Gasteiger partial charge in [-0.1, -0.05) is 0 Å². The molecule has 1 aliphatic heterocycles. The molecule has 1 aliphatic carbocycles. The number of hydrogen-bond donors (Lipinski definition) is 0. The molecule has 2 aliphatic rings. The number of hydrogen-bond acceptors (Lipinski definition) is 5. The molecule has 1 saturated heterocycles. The molecule has 3 aromatic rings. The lowest BCUT2D eigenvalue weighted by atomic mass is 9.78. The largest absolute Gasteiger partial charge is 0.441 e. The second-order valence-electron chi connectivity index (χ2n) is 9.16. The number of carbonyl (C=O) groups is 1. The molecule has 0 bridgehead atoms. The first-order valence-corrected chi connectivity index (χ1v) is 11.1. The third-order valence-electron chi connectivity index (χ3n) is 6.65. The number of halogens is 3. The highest BCUT2D eigenvalue weighted by Crippen LogP contribution is 2.41. The number of alkyl halides is 3. The van der Waals surface area contributed by atoms with Gasteiger partial charge in [-0.2, -0.15) is 18.4 Å². The van der Waals surface area contributed by atoms with E-state index in [1.165, 1.54) is 11.1 Å². The van der Waals surface area contributed by atoms with E-state index >= 15 is 0 Å². The Morgan fingerprint density at radius 1 is 1.26 bits per heavy atom. The molecule has 5 rings (SSSR count). The standard InChI is InChI=1S/C24H22F3N5O2/c25-24(26,27)19-6-18(10-29-11-19)13-31-14-23(34-22(31)33)5-1-2-17(8-23)12-32-15-30-20-4-3-16(9-28)7-21(20)32/h3-4,6-7,10-11,15,17H,1-2,5,8,12-14H2/t17-,23-/m0/s1. The van der Waals surface area contributed by atoms with Gasteiger partial charge in [0, 0.05) is 18.9 Å². The van der Waals surface area contributed by atoms with Crippen molar-refractivity contribution in [2.24, 2.45) is 5.92 Å². The zero-order chi connectivity index (χ0) is 23.9. The Morgan fingerprint density at radius 3 is 2.91 bits per heavy atom. The smallest absolute Gasteiger partial charge is 0.417 e. The third-order valence-corrected chi connectivity index (χ3v) is 6.65. The van der Waals surface area contributed by atoms with Crippen molar-refractivity contribution in [3.63, 3.8) is 0 Å². The lowest BCUT2D eigenvalue weighted by molar-refractivity contribution is -0.137. The summed E-state index contributed by atoms with van der Waals surface area (Å²) in [5.74, 6) is 0.236. The molecule has 3 heterocycles. The van der Waals surface area contributed by atoms with Crippen molar-refractivity contribution in [2.45, 2.75) is 50.6 Å². The van der Waals surface area contributed by atoms with Crippen LogP contribution < -0.4 is 0 Å². The molecule has 1 saturated carbocycles. The maximum atomic E-state index is 13.0. The van der Waals surface area contributed by atoms with Crippen LogP contribution in [0.2, 0.25) is 0 Å². The average molecular weight is 469 g/mol. The van der Waals surface area contributed by atoms with Gasteiger partial charge in [-0.15, -0.1) is 0 Å². The highest BCUT2D eigenvalue weighted by atomic mass is 19.4. The van der Waals surface area contributed by atoms with Crippen LogP contribution in [0.1, 0.15) is 42.4 Å². The number of benzene rings is 1. The van der Waals surface area contributed by atoms with E-state index in [-0.39, 0.29) is 12.5 Å². The van der Waals surface area contributed by atoms with Crippen LogP contribution in [-0.2, 0) is 24.0 Å². The monoisotopic (exact) mass is 469 g/mol. The summed E-state index contributed by atoms with van der Waals surface area (Å²) in [4.78, 5) is 22.2. The molecule has 1 aromatic carbocycles. The number of nitriles is 1. The molecule has 34 heavy (non-hydrogen) atoms. The summed E-state index contributed by atoms with van der Waals surface area (Å²) in [6, 6.07) is 8.56. The van der Waals surface area contributed by atoms with Crippen LogP contribution in [0.25, 0.3) is 11.0 Å². The number of rotatable bonds is 4. The number of carbonyl (C=O) groups excluding carboxylic acids is 1. The summed E-state index contributed by atoms with van der Waals surface area (Å²) >= 11 is 0. The average Bonchev–Trinajstić information content (AvgIpc) is 3.33. The van der Waals surface area contributed by atoms with Gasteiger partial charge in [-0.3, -0.25) is 9.88 Å². The number of ether oxygens (including phenoxy) is 1. The summed E-state index contributed by atoms with van der Waals surface area (Å²) in [5, 5.41) is 9.20. The van der Waals surface area contributed by atoms with Crippen LogP contribution in [0.5, 0.6) is 0 Å². The lowest BCUT2D eigenvalue weighted by Crippen LogP contribution is -2.40. The fourth-order valence-corrected chi connectivity index (χ4v) is 5.15. The van der Waals surface area contributed by atoms with Crippen molar-refractivity contribution in [1.29, 1.82) is 5.26 Å². The first kappa shape index (κ1) is 22.2. The number of nitrogens with zero attached hydrogens (tertiary/aromatic N) is 5. The van der Waals surface area contributed by atoms with Crippen molar-refractivity contribution in [3.05, 3.63) is 59.7 Å². The lowest BCUT2D eigenvalue weighted by Gasteiger charge is -2.36. The molecule has 1 spiro atoms. The van der Waals surface area contributed by atoms with E-state index in [9.17, 15) is 23.2 Å². The van der Waals surface area contributed by atoms with Crippen LogP contribution in [0, 0.1) is 17.2 Å². The Bertz CT molecular complexity index is 1280. The van der Waals surface area contributed by atoms with Crippen molar-refractivity contribution < 1.29 is 22.7 Å². The predicted octanol–water partition coefficient (Wildman–Crippen LogP) is 4.90. The molecule has 1 amide bonds. The first-order valence-electron chi connectivity index (χ1n) is 11.1. The predicted molar refractivity (Wildman–Crippen MR) is 115 cm³/mol. The number of amides is 1. The maximum Gasteiger partial charge on any atom is 0.417 e. The van der Waals surface area contributed by atoms with Crippen LogP contribution in [0.4, 0.5) is 18.0 Å². The zero-order valence-electron chi connectivity index (χ0n) is 18.3. The van der Waals surface area contributed by atoms with Gasteiger partial charge in [0.15, 0.2) is 0 Å². The first-order chi connectivity index (χ1) is 16.2.